The van der Waals surface area contributed by atoms with Crippen molar-refractivity contribution in [3.63, 3.8) is 0 Å². The van der Waals surface area contributed by atoms with Crippen LogP contribution in [0.2, 0.25) is 0 Å². The molecule has 0 saturated heterocycles. The Balaban J connectivity index is 1.47. The van der Waals surface area contributed by atoms with E-state index in [-0.39, 0.29) is 18.5 Å². The zero-order valence-electron chi connectivity index (χ0n) is 18.4. The molecule has 2 aromatic carbocycles. The largest absolute Gasteiger partial charge is 0.468 e. The van der Waals surface area contributed by atoms with Gasteiger partial charge in [-0.2, -0.15) is 4.31 Å². The number of carbonyl (C=O) groups excluding carboxylic acids is 2. The number of furan rings is 1. The van der Waals surface area contributed by atoms with E-state index >= 15 is 0 Å². The number of nitrogens with one attached hydrogen (secondary N) is 2. The highest BCUT2D eigenvalue weighted by molar-refractivity contribution is 7.92. The molecule has 176 valence electrons. The minimum absolute atomic E-state index is 0.105. The van der Waals surface area contributed by atoms with Gasteiger partial charge in [-0.05, 0) is 54.8 Å². The molecule has 9 heteroatoms. The Hall–Kier alpha value is -3.69. The quantitative estimate of drug-likeness (QED) is 0.462. The van der Waals surface area contributed by atoms with Crippen LogP contribution >= 0.6 is 0 Å². The first kappa shape index (κ1) is 23.5. The second-order valence-electron chi connectivity index (χ2n) is 7.98. The van der Waals surface area contributed by atoms with Crippen molar-refractivity contribution in [2.45, 2.75) is 25.4 Å². The first-order valence-electron chi connectivity index (χ1n) is 10.9. The van der Waals surface area contributed by atoms with Crippen LogP contribution in [0.4, 0.5) is 5.69 Å². The second kappa shape index (κ2) is 10.5. The molecule has 0 spiro atoms. The maximum absolute atomic E-state index is 13.0. The first-order chi connectivity index (χ1) is 16.4. The summed E-state index contributed by atoms with van der Waals surface area (Å²) in [5, 5.41) is 6.65. The van der Waals surface area contributed by atoms with Crippen molar-refractivity contribution in [2.75, 3.05) is 11.9 Å². The monoisotopic (exact) mass is 479 g/mol. The van der Waals surface area contributed by atoms with Gasteiger partial charge in [0.1, 0.15) is 5.76 Å². The fraction of sp³-hybridized carbons (Fsp3) is 0.200. The number of amides is 2. The van der Waals surface area contributed by atoms with E-state index in [1.807, 2.05) is 6.07 Å². The Morgan fingerprint density at radius 2 is 1.82 bits per heavy atom. The maximum Gasteiger partial charge on any atom is 0.251 e. The normalized spacial score (nSPS) is 13.8. The van der Waals surface area contributed by atoms with Crippen LogP contribution in [0, 0.1) is 0 Å². The highest BCUT2D eigenvalue weighted by Crippen LogP contribution is 2.20. The van der Waals surface area contributed by atoms with Crippen LogP contribution in [-0.2, 0) is 21.4 Å². The average molecular weight is 480 g/mol. The summed E-state index contributed by atoms with van der Waals surface area (Å²) in [6.07, 6.45) is 4.87. The lowest BCUT2D eigenvalue weighted by Crippen LogP contribution is -2.36. The summed E-state index contributed by atoms with van der Waals surface area (Å²) in [6.45, 7) is -0.535. The number of hydrogen-bond acceptors (Lipinski definition) is 5. The highest BCUT2D eigenvalue weighted by atomic mass is 32.2. The van der Waals surface area contributed by atoms with E-state index in [2.05, 4.69) is 10.6 Å². The number of rotatable bonds is 10. The van der Waals surface area contributed by atoms with Crippen molar-refractivity contribution < 1.29 is 22.4 Å². The van der Waals surface area contributed by atoms with Crippen molar-refractivity contribution in [2.24, 2.45) is 0 Å². The Bertz CT molecular complexity index is 1270. The highest BCUT2D eigenvalue weighted by Gasteiger charge is 2.25. The summed E-state index contributed by atoms with van der Waals surface area (Å²) in [4.78, 5) is 25.0. The van der Waals surface area contributed by atoms with Crippen LogP contribution < -0.4 is 10.6 Å². The number of nitrogens with zero attached hydrogens (tertiary/aromatic N) is 1. The predicted octanol–water partition coefficient (Wildman–Crippen LogP) is 3.61. The Kier molecular flexibility index (Phi) is 7.24. The molecule has 1 aromatic heterocycles. The van der Waals surface area contributed by atoms with Crippen LogP contribution in [0.3, 0.4) is 0 Å². The molecule has 0 atom stereocenters. The van der Waals surface area contributed by atoms with Gasteiger partial charge in [0.25, 0.3) is 5.91 Å². The molecule has 2 amide bonds. The van der Waals surface area contributed by atoms with Gasteiger partial charge in [0, 0.05) is 22.7 Å². The molecule has 4 rings (SSSR count). The van der Waals surface area contributed by atoms with E-state index in [9.17, 15) is 18.0 Å². The predicted molar refractivity (Wildman–Crippen MR) is 129 cm³/mol. The molecule has 1 heterocycles. The third kappa shape index (κ3) is 6.66. The summed E-state index contributed by atoms with van der Waals surface area (Å²) in [7, 11) is -3.94. The van der Waals surface area contributed by atoms with Crippen LogP contribution in [0.25, 0.3) is 6.08 Å². The molecule has 8 nitrogen and oxygen atoms in total. The number of anilines is 1. The van der Waals surface area contributed by atoms with Crippen molar-refractivity contribution in [1.82, 2.24) is 9.62 Å². The molecule has 3 aromatic rings. The van der Waals surface area contributed by atoms with Crippen LogP contribution in [0.1, 0.15) is 34.5 Å². The van der Waals surface area contributed by atoms with E-state index in [1.54, 1.807) is 60.7 Å². The Labute approximate surface area is 198 Å². The Morgan fingerprint density at radius 1 is 1.03 bits per heavy atom. The molecule has 1 fully saturated rings. The van der Waals surface area contributed by atoms with Gasteiger partial charge in [0.15, 0.2) is 0 Å². The van der Waals surface area contributed by atoms with Gasteiger partial charge < -0.3 is 15.1 Å². The van der Waals surface area contributed by atoms with Crippen LogP contribution in [0.5, 0.6) is 0 Å². The van der Waals surface area contributed by atoms with Gasteiger partial charge in [-0.15, -0.1) is 0 Å². The lowest BCUT2D eigenvalue weighted by molar-refractivity contribution is -0.116. The molecule has 1 aliphatic rings. The minimum Gasteiger partial charge on any atom is -0.468 e. The summed E-state index contributed by atoms with van der Waals surface area (Å²) in [5.74, 6) is -0.335. The number of hydrogen-bond donors (Lipinski definition) is 2. The van der Waals surface area contributed by atoms with E-state index in [4.69, 9.17) is 4.42 Å². The molecule has 0 aliphatic heterocycles. The van der Waals surface area contributed by atoms with Gasteiger partial charge in [-0.1, -0.05) is 36.4 Å². The molecule has 0 unspecified atom stereocenters. The first-order valence-corrected chi connectivity index (χ1v) is 12.4. The lowest BCUT2D eigenvalue weighted by Gasteiger charge is -2.19. The van der Waals surface area contributed by atoms with Gasteiger partial charge in [-0.25, -0.2) is 8.42 Å². The van der Waals surface area contributed by atoms with Gasteiger partial charge in [0.05, 0.1) is 19.4 Å². The molecular weight excluding hydrogens is 454 g/mol. The maximum atomic E-state index is 13.0. The van der Waals surface area contributed by atoms with Crippen molar-refractivity contribution in [3.05, 3.63) is 95.3 Å². The number of carbonyl (C=O) groups is 2. The topological polar surface area (TPSA) is 109 Å². The molecule has 0 bridgehead atoms. The number of sulfonamides is 1. The zero-order valence-corrected chi connectivity index (χ0v) is 19.2. The second-order valence-corrected chi connectivity index (χ2v) is 9.80. The summed E-state index contributed by atoms with van der Waals surface area (Å²) < 4.78 is 32.4. The summed E-state index contributed by atoms with van der Waals surface area (Å²) in [6, 6.07) is 19.1. The third-order valence-electron chi connectivity index (χ3n) is 5.15. The van der Waals surface area contributed by atoms with Crippen LogP contribution in [0.15, 0.2) is 82.8 Å². The molecule has 2 N–H and O–H groups in total. The third-order valence-corrected chi connectivity index (χ3v) is 6.60. The van der Waals surface area contributed by atoms with Gasteiger partial charge in [-0.3, -0.25) is 9.59 Å². The molecule has 1 saturated carbocycles. The molecular formula is C25H25N3O5S. The van der Waals surface area contributed by atoms with Crippen molar-refractivity contribution >= 4 is 33.6 Å². The number of benzene rings is 2. The average Bonchev–Trinajstić information content (AvgIpc) is 3.49. The van der Waals surface area contributed by atoms with Crippen LogP contribution in [-0.4, -0.2) is 37.1 Å². The SMILES string of the molecule is O=C(CN(Cc1ccco1)S(=O)(=O)C=Cc1ccccc1)Nc1cccc(C(=O)NC2CC2)c1. The fourth-order valence-corrected chi connectivity index (χ4v) is 4.33. The van der Waals surface area contributed by atoms with E-state index in [0.29, 0.717) is 17.0 Å². The van der Waals surface area contributed by atoms with Crippen molar-refractivity contribution in [1.29, 1.82) is 0 Å². The molecule has 0 radical (unpaired) electrons. The van der Waals surface area contributed by atoms with E-state index < -0.39 is 22.5 Å². The van der Waals surface area contributed by atoms with Gasteiger partial charge >= 0.3 is 0 Å². The van der Waals surface area contributed by atoms with Crippen molar-refractivity contribution in [3.8, 4) is 0 Å². The fourth-order valence-electron chi connectivity index (χ4n) is 3.22. The van der Waals surface area contributed by atoms with E-state index in [0.717, 1.165) is 28.1 Å². The summed E-state index contributed by atoms with van der Waals surface area (Å²) in [5.41, 5.74) is 1.55. The molecule has 1 aliphatic carbocycles. The van der Waals surface area contributed by atoms with E-state index in [1.165, 1.54) is 12.3 Å². The lowest BCUT2D eigenvalue weighted by atomic mass is 10.2. The van der Waals surface area contributed by atoms with Gasteiger partial charge in [0.2, 0.25) is 15.9 Å². The smallest absolute Gasteiger partial charge is 0.251 e. The Morgan fingerprint density at radius 3 is 2.53 bits per heavy atom. The summed E-state index contributed by atoms with van der Waals surface area (Å²) >= 11 is 0. The standard InChI is InChI=1S/C25H25N3O5S/c29-24(26-22-9-4-8-20(16-22)25(30)27-21-11-12-21)18-28(17-23-10-5-14-33-23)34(31,32)15-13-19-6-2-1-3-7-19/h1-10,13-16,21H,11-12,17-18H2,(H,26,29)(H,27,30). The minimum atomic E-state index is -3.94. The molecule has 34 heavy (non-hydrogen) atoms. The zero-order chi connectivity index (χ0) is 24.0.